The zero-order valence-corrected chi connectivity index (χ0v) is 13.3. The molecule has 2 rings (SSSR count). The standard InChI is InChI=1S/C16H13Cl2NO3/c1-3-5-6-19-9-11(16(21)22-4-2)15(20)10-7-12(17)13(18)8-14(10)19/h3,5-9H,1,4H2,2H3/b6-5+. The van der Waals surface area contributed by atoms with Crippen LogP contribution in [0, 0.1) is 0 Å². The van der Waals surface area contributed by atoms with E-state index < -0.39 is 11.4 Å². The van der Waals surface area contributed by atoms with Crippen LogP contribution < -0.4 is 5.43 Å². The topological polar surface area (TPSA) is 48.3 Å². The van der Waals surface area contributed by atoms with Crippen LogP contribution in [0.1, 0.15) is 17.3 Å². The molecule has 0 unspecified atom stereocenters. The number of pyridine rings is 1. The van der Waals surface area contributed by atoms with Gasteiger partial charge in [0.1, 0.15) is 5.56 Å². The Bertz CT molecular complexity index is 837. The predicted molar refractivity (Wildman–Crippen MR) is 89.7 cm³/mol. The van der Waals surface area contributed by atoms with Crippen LogP contribution in [0.2, 0.25) is 10.0 Å². The number of hydrogen-bond donors (Lipinski definition) is 0. The molecule has 2 aromatic rings. The van der Waals surface area contributed by atoms with Crippen LogP contribution in [0.15, 0.2) is 41.9 Å². The van der Waals surface area contributed by atoms with Crippen molar-refractivity contribution in [2.75, 3.05) is 6.61 Å². The molecule has 0 bridgehead atoms. The van der Waals surface area contributed by atoms with Gasteiger partial charge in [-0.2, -0.15) is 0 Å². The molecule has 0 amide bonds. The second kappa shape index (κ2) is 6.81. The Morgan fingerprint density at radius 3 is 2.68 bits per heavy atom. The Kier molecular flexibility index (Phi) is 5.06. The minimum atomic E-state index is -0.679. The summed E-state index contributed by atoms with van der Waals surface area (Å²) >= 11 is 12.0. The summed E-state index contributed by atoms with van der Waals surface area (Å²) < 4.78 is 6.52. The smallest absolute Gasteiger partial charge is 0.343 e. The van der Waals surface area contributed by atoms with Gasteiger partial charge in [-0.3, -0.25) is 4.79 Å². The summed E-state index contributed by atoms with van der Waals surface area (Å²) in [4.78, 5) is 24.4. The van der Waals surface area contributed by atoms with Gasteiger partial charge < -0.3 is 9.30 Å². The Morgan fingerprint density at radius 1 is 1.36 bits per heavy atom. The maximum absolute atomic E-state index is 12.5. The summed E-state index contributed by atoms with van der Waals surface area (Å²) in [5.74, 6) is -0.679. The molecule has 0 aliphatic carbocycles. The van der Waals surface area contributed by atoms with Crippen LogP contribution in [-0.4, -0.2) is 17.1 Å². The van der Waals surface area contributed by atoms with Crippen molar-refractivity contribution in [3.63, 3.8) is 0 Å². The van der Waals surface area contributed by atoms with Crippen LogP contribution in [0.5, 0.6) is 0 Å². The molecule has 0 fully saturated rings. The van der Waals surface area contributed by atoms with E-state index in [0.29, 0.717) is 10.5 Å². The summed E-state index contributed by atoms with van der Waals surface area (Å²) in [6.45, 7) is 5.44. The fourth-order valence-corrected chi connectivity index (χ4v) is 2.30. The highest BCUT2D eigenvalue weighted by Crippen LogP contribution is 2.27. The number of halogens is 2. The van der Waals surface area contributed by atoms with E-state index in [1.807, 2.05) is 0 Å². The van der Waals surface area contributed by atoms with Crippen molar-refractivity contribution >= 4 is 46.3 Å². The largest absolute Gasteiger partial charge is 0.462 e. The monoisotopic (exact) mass is 337 g/mol. The molecule has 0 saturated carbocycles. The van der Waals surface area contributed by atoms with E-state index in [1.165, 1.54) is 12.3 Å². The molecule has 22 heavy (non-hydrogen) atoms. The molecule has 0 N–H and O–H groups in total. The van der Waals surface area contributed by atoms with Crippen LogP contribution in [0.4, 0.5) is 0 Å². The summed E-state index contributed by atoms with van der Waals surface area (Å²) in [5.41, 5.74) is 0.0160. The zero-order valence-electron chi connectivity index (χ0n) is 11.8. The fourth-order valence-electron chi connectivity index (χ4n) is 1.98. The third kappa shape index (κ3) is 3.08. The minimum absolute atomic E-state index is 0.0681. The Labute approximate surface area is 137 Å². The summed E-state index contributed by atoms with van der Waals surface area (Å²) in [5, 5.41) is 0.846. The molecule has 1 heterocycles. The third-order valence-electron chi connectivity index (χ3n) is 2.95. The molecular formula is C16H13Cl2NO3. The quantitative estimate of drug-likeness (QED) is 0.622. The molecule has 114 valence electrons. The fraction of sp³-hybridized carbons (Fsp3) is 0.125. The number of ether oxygens (including phenoxy) is 1. The Balaban J connectivity index is 2.84. The van der Waals surface area contributed by atoms with Gasteiger partial charge in [0.05, 0.1) is 22.2 Å². The Morgan fingerprint density at radius 2 is 2.05 bits per heavy atom. The summed E-state index contributed by atoms with van der Waals surface area (Å²) in [6.07, 6.45) is 6.31. The van der Waals surface area contributed by atoms with Crippen LogP contribution in [0.3, 0.4) is 0 Å². The number of nitrogens with zero attached hydrogens (tertiary/aromatic N) is 1. The number of esters is 1. The molecule has 0 aliphatic rings. The SMILES string of the molecule is C=C/C=C/n1cc(C(=O)OCC)c(=O)c2cc(Cl)c(Cl)cc21. The van der Waals surface area contributed by atoms with Gasteiger partial charge >= 0.3 is 5.97 Å². The number of carbonyl (C=O) groups is 1. The van der Waals surface area contributed by atoms with Gasteiger partial charge in [-0.25, -0.2) is 4.79 Å². The van der Waals surface area contributed by atoms with Crippen molar-refractivity contribution in [2.24, 2.45) is 0 Å². The highest BCUT2D eigenvalue weighted by Gasteiger charge is 2.17. The number of aromatic nitrogens is 1. The number of benzene rings is 1. The molecule has 1 aromatic carbocycles. The first kappa shape index (κ1) is 16.3. The van der Waals surface area contributed by atoms with Crippen molar-refractivity contribution in [3.05, 3.63) is 62.9 Å². The molecule has 0 spiro atoms. The van der Waals surface area contributed by atoms with Crippen LogP contribution in [0.25, 0.3) is 17.1 Å². The first-order valence-electron chi connectivity index (χ1n) is 6.49. The van der Waals surface area contributed by atoms with Gasteiger partial charge in [0, 0.05) is 17.8 Å². The lowest BCUT2D eigenvalue weighted by molar-refractivity contribution is 0.0524. The average molecular weight is 338 g/mol. The van der Waals surface area contributed by atoms with Crippen molar-refractivity contribution in [3.8, 4) is 0 Å². The number of carbonyl (C=O) groups excluding carboxylic acids is 1. The van der Waals surface area contributed by atoms with Gasteiger partial charge in [-0.1, -0.05) is 35.9 Å². The van der Waals surface area contributed by atoms with Gasteiger partial charge in [-0.05, 0) is 25.1 Å². The number of allylic oxidation sites excluding steroid dienone is 2. The second-order valence-electron chi connectivity index (χ2n) is 4.36. The number of hydrogen-bond acceptors (Lipinski definition) is 3. The number of fused-ring (bicyclic) bond motifs is 1. The van der Waals surface area contributed by atoms with Gasteiger partial charge in [0.15, 0.2) is 0 Å². The highest BCUT2D eigenvalue weighted by atomic mass is 35.5. The lowest BCUT2D eigenvalue weighted by atomic mass is 10.1. The van der Waals surface area contributed by atoms with Crippen molar-refractivity contribution in [2.45, 2.75) is 6.92 Å². The van der Waals surface area contributed by atoms with Gasteiger partial charge in [0.25, 0.3) is 0 Å². The maximum atomic E-state index is 12.5. The lowest BCUT2D eigenvalue weighted by Gasteiger charge is -2.10. The van der Waals surface area contributed by atoms with E-state index in [9.17, 15) is 9.59 Å². The average Bonchev–Trinajstić information content (AvgIpc) is 2.49. The first-order valence-corrected chi connectivity index (χ1v) is 7.25. The molecule has 0 atom stereocenters. The molecule has 6 heteroatoms. The van der Waals surface area contributed by atoms with E-state index in [4.69, 9.17) is 27.9 Å². The van der Waals surface area contributed by atoms with Gasteiger partial charge in [0.2, 0.25) is 5.43 Å². The van der Waals surface area contributed by atoms with E-state index in [0.717, 1.165) is 0 Å². The Hall–Kier alpha value is -2.04. The van der Waals surface area contributed by atoms with Crippen LogP contribution >= 0.6 is 23.2 Å². The van der Waals surface area contributed by atoms with E-state index >= 15 is 0 Å². The maximum Gasteiger partial charge on any atom is 0.343 e. The van der Waals surface area contributed by atoms with E-state index in [2.05, 4.69) is 6.58 Å². The molecule has 0 aliphatic heterocycles. The molecule has 0 radical (unpaired) electrons. The molecule has 4 nitrogen and oxygen atoms in total. The van der Waals surface area contributed by atoms with Crippen LogP contribution in [-0.2, 0) is 4.74 Å². The lowest BCUT2D eigenvalue weighted by Crippen LogP contribution is -2.20. The summed E-state index contributed by atoms with van der Waals surface area (Å²) in [6, 6.07) is 3.02. The van der Waals surface area contributed by atoms with E-state index in [-0.39, 0.29) is 22.6 Å². The predicted octanol–water partition coefficient (Wildman–Crippen LogP) is 4.14. The normalized spacial score (nSPS) is 11.0. The van der Waals surface area contributed by atoms with E-state index in [1.54, 1.807) is 35.9 Å². The molecule has 1 aromatic heterocycles. The summed E-state index contributed by atoms with van der Waals surface area (Å²) in [7, 11) is 0. The van der Waals surface area contributed by atoms with Crippen molar-refractivity contribution in [1.29, 1.82) is 0 Å². The second-order valence-corrected chi connectivity index (χ2v) is 5.17. The molecule has 0 saturated heterocycles. The number of rotatable bonds is 4. The molecular weight excluding hydrogens is 325 g/mol. The van der Waals surface area contributed by atoms with Gasteiger partial charge in [-0.15, -0.1) is 0 Å². The zero-order chi connectivity index (χ0) is 16.3. The minimum Gasteiger partial charge on any atom is -0.462 e. The van der Waals surface area contributed by atoms with Crippen molar-refractivity contribution in [1.82, 2.24) is 4.57 Å². The first-order chi connectivity index (χ1) is 10.5. The third-order valence-corrected chi connectivity index (χ3v) is 3.67. The highest BCUT2D eigenvalue weighted by molar-refractivity contribution is 6.42. The van der Waals surface area contributed by atoms with Crippen molar-refractivity contribution < 1.29 is 9.53 Å².